The minimum Gasteiger partial charge on any atom is -0.251 e. The Bertz CT molecular complexity index is 251. The van der Waals surface area contributed by atoms with Gasteiger partial charge in [0, 0.05) is 6.54 Å². The summed E-state index contributed by atoms with van der Waals surface area (Å²) in [6.45, 7) is 0.427. The van der Waals surface area contributed by atoms with Gasteiger partial charge >= 0.3 is 0 Å². The third-order valence-electron chi connectivity index (χ3n) is 1.35. The first-order valence-electron chi connectivity index (χ1n) is 3.56. The molecule has 0 aliphatic rings. The minimum atomic E-state index is -0.270. The lowest BCUT2D eigenvalue weighted by Gasteiger charge is -1.98. The predicted octanol–water partition coefficient (Wildman–Crippen LogP) is 2.55. The van der Waals surface area contributed by atoms with Crippen molar-refractivity contribution in [3.05, 3.63) is 9.47 Å². The van der Waals surface area contributed by atoms with E-state index >= 15 is 0 Å². The first-order valence-corrected chi connectivity index (χ1v) is 5.14. The molecule has 68 valence electrons. The van der Waals surface area contributed by atoms with E-state index in [4.69, 9.17) is 0 Å². The van der Waals surface area contributed by atoms with Crippen molar-refractivity contribution < 1.29 is 4.39 Å². The van der Waals surface area contributed by atoms with Crippen molar-refractivity contribution in [2.75, 3.05) is 6.67 Å². The van der Waals surface area contributed by atoms with Gasteiger partial charge in [0.05, 0.1) is 6.67 Å². The van der Waals surface area contributed by atoms with E-state index in [9.17, 15) is 4.39 Å². The summed E-state index contributed by atoms with van der Waals surface area (Å²) in [5.41, 5.74) is 0. The average molecular weight is 301 g/mol. The van der Waals surface area contributed by atoms with Gasteiger partial charge in [0.25, 0.3) is 0 Å². The van der Waals surface area contributed by atoms with Crippen LogP contribution in [-0.2, 0) is 6.54 Å². The Morgan fingerprint density at radius 2 is 2.08 bits per heavy atom. The van der Waals surface area contributed by atoms with Gasteiger partial charge in [-0.15, -0.1) is 5.10 Å². The summed E-state index contributed by atoms with van der Waals surface area (Å²) in [4.78, 5) is 3.98. The van der Waals surface area contributed by atoms with Crippen LogP contribution in [0.3, 0.4) is 0 Å². The Kier molecular flexibility index (Phi) is 4.14. The van der Waals surface area contributed by atoms with E-state index in [2.05, 4.69) is 41.9 Å². The molecule has 0 fully saturated rings. The zero-order valence-electron chi connectivity index (χ0n) is 6.30. The number of alkyl halides is 1. The molecule has 1 aromatic rings. The van der Waals surface area contributed by atoms with Gasteiger partial charge in [-0.05, 0) is 44.7 Å². The number of nitrogens with zero attached hydrogens (tertiary/aromatic N) is 3. The van der Waals surface area contributed by atoms with E-state index in [1.54, 1.807) is 4.68 Å². The first-order chi connectivity index (χ1) is 5.74. The number of hydrogen-bond acceptors (Lipinski definition) is 2. The molecule has 3 nitrogen and oxygen atoms in total. The largest absolute Gasteiger partial charge is 0.251 e. The molecule has 0 aliphatic heterocycles. The van der Waals surface area contributed by atoms with Crippen LogP contribution in [0.15, 0.2) is 9.47 Å². The van der Waals surface area contributed by atoms with Crippen LogP contribution in [-0.4, -0.2) is 21.4 Å². The van der Waals surface area contributed by atoms with Gasteiger partial charge in [-0.2, -0.15) is 4.98 Å². The second kappa shape index (κ2) is 4.91. The Morgan fingerprint density at radius 3 is 2.58 bits per heavy atom. The number of rotatable bonds is 4. The van der Waals surface area contributed by atoms with Gasteiger partial charge < -0.3 is 0 Å². The van der Waals surface area contributed by atoms with E-state index in [1.807, 2.05) is 0 Å². The van der Waals surface area contributed by atoms with Crippen LogP contribution >= 0.6 is 31.9 Å². The molecule has 0 spiro atoms. The highest BCUT2D eigenvalue weighted by atomic mass is 79.9. The molecule has 1 aromatic heterocycles. The fraction of sp³-hybridized carbons (Fsp3) is 0.667. The maximum absolute atomic E-state index is 11.7. The summed E-state index contributed by atoms with van der Waals surface area (Å²) in [6.07, 6.45) is 1.36. The molecule has 6 heteroatoms. The summed E-state index contributed by atoms with van der Waals surface area (Å²) in [5.74, 6) is 0. The normalized spacial score (nSPS) is 10.6. The molecule has 0 aliphatic carbocycles. The number of hydrogen-bond donors (Lipinski definition) is 0. The lowest BCUT2D eigenvalue weighted by Crippen LogP contribution is -2.00. The second-order valence-electron chi connectivity index (χ2n) is 2.27. The van der Waals surface area contributed by atoms with E-state index in [1.165, 1.54) is 0 Å². The summed E-state index contributed by atoms with van der Waals surface area (Å²) < 4.78 is 14.7. The maximum atomic E-state index is 11.7. The molecular formula is C6H8Br2FN3. The Balaban J connectivity index is 2.45. The quantitative estimate of drug-likeness (QED) is 0.800. The van der Waals surface area contributed by atoms with Crippen molar-refractivity contribution in [3.8, 4) is 0 Å². The van der Waals surface area contributed by atoms with Crippen LogP contribution in [0.2, 0.25) is 0 Å². The molecule has 0 N–H and O–H groups in total. The topological polar surface area (TPSA) is 30.7 Å². The molecule has 0 saturated carbocycles. The lowest BCUT2D eigenvalue weighted by atomic mass is 10.3. The zero-order chi connectivity index (χ0) is 8.97. The van der Waals surface area contributed by atoms with E-state index in [0.717, 1.165) is 6.42 Å². The third-order valence-corrected chi connectivity index (χ3v) is 2.28. The Hall–Kier alpha value is 0.0300. The molecule has 0 atom stereocenters. The first kappa shape index (κ1) is 10.1. The van der Waals surface area contributed by atoms with Crippen LogP contribution in [0.5, 0.6) is 0 Å². The molecule has 1 heterocycles. The van der Waals surface area contributed by atoms with Crippen molar-refractivity contribution in [3.63, 3.8) is 0 Å². The number of halogens is 3. The summed E-state index contributed by atoms with van der Waals surface area (Å²) >= 11 is 6.38. The third kappa shape index (κ3) is 2.82. The van der Waals surface area contributed by atoms with Crippen molar-refractivity contribution >= 4 is 31.9 Å². The van der Waals surface area contributed by atoms with Crippen LogP contribution in [0.1, 0.15) is 12.8 Å². The highest BCUT2D eigenvalue weighted by Gasteiger charge is 2.03. The van der Waals surface area contributed by atoms with Crippen LogP contribution in [0.25, 0.3) is 0 Å². The van der Waals surface area contributed by atoms with Crippen LogP contribution < -0.4 is 0 Å². The summed E-state index contributed by atoms with van der Waals surface area (Å²) in [5, 5.41) is 4.03. The van der Waals surface area contributed by atoms with Gasteiger partial charge in [0.1, 0.15) is 0 Å². The molecule has 0 saturated heterocycles. The molecular weight excluding hydrogens is 293 g/mol. The minimum absolute atomic E-state index is 0.270. The molecule has 0 radical (unpaired) electrons. The average Bonchev–Trinajstić information content (AvgIpc) is 2.31. The van der Waals surface area contributed by atoms with E-state index in [0.29, 0.717) is 22.4 Å². The lowest BCUT2D eigenvalue weighted by molar-refractivity contribution is 0.437. The fourth-order valence-electron chi connectivity index (χ4n) is 0.795. The van der Waals surface area contributed by atoms with Gasteiger partial charge in [0.15, 0.2) is 4.73 Å². The smallest absolute Gasteiger partial charge is 0.218 e. The molecule has 1 rings (SSSR count). The number of aromatic nitrogens is 3. The van der Waals surface area contributed by atoms with Crippen molar-refractivity contribution in [1.29, 1.82) is 0 Å². The highest BCUT2D eigenvalue weighted by molar-refractivity contribution is 9.11. The van der Waals surface area contributed by atoms with E-state index < -0.39 is 0 Å². The second-order valence-corrected chi connectivity index (χ2v) is 3.69. The SMILES string of the molecule is FCCCCn1nc(Br)nc1Br. The summed E-state index contributed by atoms with van der Waals surface area (Å²) in [7, 11) is 0. The molecule has 0 amide bonds. The molecule has 0 unspecified atom stereocenters. The van der Waals surface area contributed by atoms with Gasteiger partial charge in [0.2, 0.25) is 4.73 Å². The zero-order valence-corrected chi connectivity index (χ0v) is 9.48. The molecule has 0 aromatic carbocycles. The molecule has 0 bridgehead atoms. The van der Waals surface area contributed by atoms with Crippen molar-refractivity contribution in [1.82, 2.24) is 14.8 Å². The van der Waals surface area contributed by atoms with Crippen molar-refractivity contribution in [2.45, 2.75) is 19.4 Å². The Labute approximate surface area is 86.6 Å². The van der Waals surface area contributed by atoms with Crippen LogP contribution in [0.4, 0.5) is 4.39 Å². The predicted molar refractivity (Wildman–Crippen MR) is 50.6 cm³/mol. The maximum Gasteiger partial charge on any atom is 0.218 e. The van der Waals surface area contributed by atoms with Gasteiger partial charge in [-0.1, -0.05) is 0 Å². The number of aryl methyl sites for hydroxylation is 1. The monoisotopic (exact) mass is 299 g/mol. The summed E-state index contributed by atoms with van der Waals surface area (Å²) in [6, 6.07) is 0. The van der Waals surface area contributed by atoms with E-state index in [-0.39, 0.29) is 6.67 Å². The standard InChI is InChI=1S/C6H8Br2FN3/c7-5-10-6(8)12(11-5)4-2-1-3-9/h1-4H2. The fourth-order valence-corrected chi connectivity index (χ4v) is 1.82. The molecule has 12 heavy (non-hydrogen) atoms. The van der Waals surface area contributed by atoms with Crippen molar-refractivity contribution in [2.24, 2.45) is 0 Å². The Morgan fingerprint density at radius 1 is 1.33 bits per heavy atom. The van der Waals surface area contributed by atoms with Crippen LogP contribution in [0, 0.1) is 0 Å². The number of unbranched alkanes of at least 4 members (excludes halogenated alkanes) is 1. The van der Waals surface area contributed by atoms with Gasteiger partial charge in [-0.3, -0.25) is 4.39 Å². The van der Waals surface area contributed by atoms with Gasteiger partial charge in [-0.25, -0.2) is 4.68 Å². The highest BCUT2D eigenvalue weighted by Crippen LogP contribution is 2.11.